The lowest BCUT2D eigenvalue weighted by molar-refractivity contribution is 0.281. The first-order valence-corrected chi connectivity index (χ1v) is 6.89. The SMILES string of the molecule is CC(CO)Nc1cc(N)cc(N)c1C=Cc1ccccc1. The molecule has 6 N–H and O–H groups in total. The van der Waals surface area contributed by atoms with E-state index in [1.165, 1.54) is 0 Å². The van der Waals surface area contributed by atoms with Crippen LogP contribution >= 0.6 is 0 Å². The molecule has 0 saturated carbocycles. The molecule has 0 fully saturated rings. The monoisotopic (exact) mass is 283 g/mol. The van der Waals surface area contributed by atoms with Crippen molar-refractivity contribution in [2.75, 3.05) is 23.4 Å². The minimum absolute atomic E-state index is 0.0382. The summed E-state index contributed by atoms with van der Waals surface area (Å²) in [5, 5.41) is 12.4. The third-order valence-corrected chi connectivity index (χ3v) is 3.15. The van der Waals surface area contributed by atoms with Crippen molar-refractivity contribution in [1.29, 1.82) is 0 Å². The van der Waals surface area contributed by atoms with Gasteiger partial charge in [-0.3, -0.25) is 0 Å². The maximum atomic E-state index is 9.19. The third-order valence-electron chi connectivity index (χ3n) is 3.15. The summed E-state index contributed by atoms with van der Waals surface area (Å²) >= 11 is 0. The van der Waals surface area contributed by atoms with Gasteiger partial charge in [-0.05, 0) is 24.6 Å². The van der Waals surface area contributed by atoms with Crippen molar-refractivity contribution < 1.29 is 5.11 Å². The Morgan fingerprint density at radius 2 is 1.86 bits per heavy atom. The summed E-state index contributed by atoms with van der Waals surface area (Å²) in [4.78, 5) is 0. The number of nitrogens with two attached hydrogens (primary N) is 2. The molecule has 0 heterocycles. The highest BCUT2D eigenvalue weighted by atomic mass is 16.3. The number of aliphatic hydroxyl groups excluding tert-OH is 1. The summed E-state index contributed by atoms with van der Waals surface area (Å²) in [6, 6.07) is 13.5. The van der Waals surface area contributed by atoms with E-state index in [1.807, 2.05) is 55.5 Å². The number of aliphatic hydroxyl groups is 1. The van der Waals surface area contributed by atoms with E-state index in [1.54, 1.807) is 6.07 Å². The molecule has 21 heavy (non-hydrogen) atoms. The van der Waals surface area contributed by atoms with Crippen molar-refractivity contribution in [3.05, 3.63) is 53.6 Å². The van der Waals surface area contributed by atoms with Crippen molar-refractivity contribution in [3.63, 3.8) is 0 Å². The van der Waals surface area contributed by atoms with E-state index in [4.69, 9.17) is 11.5 Å². The molecule has 0 radical (unpaired) electrons. The Balaban J connectivity index is 2.35. The van der Waals surface area contributed by atoms with Gasteiger partial charge in [0.15, 0.2) is 0 Å². The van der Waals surface area contributed by atoms with Gasteiger partial charge in [0.1, 0.15) is 0 Å². The smallest absolute Gasteiger partial charge is 0.0630 e. The van der Waals surface area contributed by atoms with Crippen molar-refractivity contribution in [1.82, 2.24) is 0 Å². The van der Waals surface area contributed by atoms with Crippen LogP contribution in [0.4, 0.5) is 17.1 Å². The molecular formula is C17H21N3O. The summed E-state index contributed by atoms with van der Waals surface area (Å²) in [6.07, 6.45) is 3.95. The van der Waals surface area contributed by atoms with Crippen LogP contribution < -0.4 is 16.8 Å². The van der Waals surface area contributed by atoms with Crippen LogP contribution in [-0.4, -0.2) is 17.8 Å². The number of hydrogen-bond acceptors (Lipinski definition) is 4. The van der Waals surface area contributed by atoms with Crippen LogP contribution in [0, 0.1) is 0 Å². The van der Waals surface area contributed by atoms with Gasteiger partial charge in [0, 0.05) is 28.7 Å². The zero-order valence-electron chi connectivity index (χ0n) is 12.1. The molecule has 0 bridgehead atoms. The van der Waals surface area contributed by atoms with Crippen LogP contribution in [0.5, 0.6) is 0 Å². The predicted octanol–water partition coefficient (Wildman–Crippen LogP) is 2.81. The van der Waals surface area contributed by atoms with Gasteiger partial charge < -0.3 is 21.9 Å². The Labute approximate surface area is 125 Å². The van der Waals surface area contributed by atoms with E-state index < -0.39 is 0 Å². The summed E-state index contributed by atoms with van der Waals surface area (Å²) in [7, 11) is 0. The maximum absolute atomic E-state index is 9.19. The van der Waals surface area contributed by atoms with Gasteiger partial charge in [-0.2, -0.15) is 0 Å². The average molecular weight is 283 g/mol. The molecule has 110 valence electrons. The predicted molar refractivity (Wildman–Crippen MR) is 90.8 cm³/mol. The van der Waals surface area contributed by atoms with Crippen LogP contribution in [-0.2, 0) is 0 Å². The largest absolute Gasteiger partial charge is 0.399 e. The lowest BCUT2D eigenvalue weighted by Crippen LogP contribution is -2.20. The molecule has 0 aliphatic heterocycles. The normalized spacial score (nSPS) is 12.5. The van der Waals surface area contributed by atoms with Crippen LogP contribution in [0.1, 0.15) is 18.1 Å². The molecule has 4 heteroatoms. The molecule has 2 aromatic carbocycles. The van der Waals surface area contributed by atoms with Crippen molar-refractivity contribution in [2.24, 2.45) is 0 Å². The van der Waals surface area contributed by atoms with Gasteiger partial charge in [0.25, 0.3) is 0 Å². The topological polar surface area (TPSA) is 84.3 Å². The fourth-order valence-electron chi connectivity index (χ4n) is 2.06. The van der Waals surface area contributed by atoms with Gasteiger partial charge >= 0.3 is 0 Å². The first-order chi connectivity index (χ1) is 10.1. The number of nitrogen functional groups attached to an aromatic ring is 2. The number of anilines is 3. The summed E-state index contributed by atoms with van der Waals surface area (Å²) in [6.45, 7) is 1.93. The Hall–Kier alpha value is -2.46. The van der Waals surface area contributed by atoms with E-state index in [0.717, 1.165) is 16.8 Å². The van der Waals surface area contributed by atoms with Crippen LogP contribution in [0.25, 0.3) is 12.2 Å². The second-order valence-corrected chi connectivity index (χ2v) is 5.04. The molecule has 0 aliphatic rings. The quantitative estimate of drug-likeness (QED) is 0.502. The molecule has 2 rings (SSSR count). The van der Waals surface area contributed by atoms with Gasteiger partial charge in [-0.25, -0.2) is 0 Å². The van der Waals surface area contributed by atoms with Crippen LogP contribution in [0.15, 0.2) is 42.5 Å². The zero-order chi connectivity index (χ0) is 15.2. The minimum Gasteiger partial charge on any atom is -0.399 e. The molecule has 0 aliphatic carbocycles. The lowest BCUT2D eigenvalue weighted by Gasteiger charge is -2.17. The van der Waals surface area contributed by atoms with Crippen LogP contribution in [0.3, 0.4) is 0 Å². The van der Waals surface area contributed by atoms with Crippen molar-refractivity contribution in [3.8, 4) is 0 Å². The highest BCUT2D eigenvalue weighted by Crippen LogP contribution is 2.28. The van der Waals surface area contributed by atoms with Gasteiger partial charge in [-0.15, -0.1) is 0 Å². The fourth-order valence-corrected chi connectivity index (χ4v) is 2.06. The minimum atomic E-state index is -0.0740. The Morgan fingerprint density at radius 1 is 1.14 bits per heavy atom. The van der Waals surface area contributed by atoms with E-state index >= 15 is 0 Å². The van der Waals surface area contributed by atoms with Crippen LogP contribution in [0.2, 0.25) is 0 Å². The zero-order valence-corrected chi connectivity index (χ0v) is 12.1. The average Bonchev–Trinajstić information content (AvgIpc) is 2.47. The second-order valence-electron chi connectivity index (χ2n) is 5.04. The Kier molecular flexibility index (Phi) is 4.85. The molecule has 1 unspecified atom stereocenters. The van der Waals surface area contributed by atoms with E-state index in [9.17, 15) is 5.11 Å². The van der Waals surface area contributed by atoms with Gasteiger partial charge in [0.2, 0.25) is 0 Å². The number of rotatable bonds is 5. The molecular weight excluding hydrogens is 262 g/mol. The number of benzene rings is 2. The highest BCUT2D eigenvalue weighted by molar-refractivity contribution is 5.85. The number of nitrogens with one attached hydrogen (secondary N) is 1. The van der Waals surface area contributed by atoms with Gasteiger partial charge in [0.05, 0.1) is 6.61 Å². The van der Waals surface area contributed by atoms with E-state index in [-0.39, 0.29) is 12.6 Å². The molecule has 0 spiro atoms. The first-order valence-electron chi connectivity index (χ1n) is 6.89. The standard InChI is InChI=1S/C17H21N3O/c1-12(11-21)20-17-10-14(18)9-16(19)15(17)8-7-13-5-3-2-4-6-13/h2-10,12,20-21H,11,18-19H2,1H3. The van der Waals surface area contributed by atoms with E-state index in [2.05, 4.69) is 5.32 Å². The lowest BCUT2D eigenvalue weighted by atomic mass is 10.1. The maximum Gasteiger partial charge on any atom is 0.0630 e. The van der Waals surface area contributed by atoms with Crippen molar-refractivity contribution >= 4 is 29.2 Å². The Morgan fingerprint density at radius 3 is 2.52 bits per heavy atom. The molecule has 4 nitrogen and oxygen atoms in total. The highest BCUT2D eigenvalue weighted by Gasteiger charge is 2.08. The molecule has 0 amide bonds. The fraction of sp³-hybridized carbons (Fsp3) is 0.176. The van der Waals surface area contributed by atoms with Gasteiger partial charge in [-0.1, -0.05) is 42.5 Å². The second kappa shape index (κ2) is 6.81. The molecule has 2 aromatic rings. The van der Waals surface area contributed by atoms with Crippen molar-refractivity contribution in [2.45, 2.75) is 13.0 Å². The Bertz CT molecular complexity index is 623. The van der Waals surface area contributed by atoms with E-state index in [0.29, 0.717) is 11.4 Å². The molecule has 0 saturated heterocycles. The molecule has 1 atom stereocenters. The molecule has 0 aromatic heterocycles. The third kappa shape index (κ3) is 4.00. The number of hydrogen-bond donors (Lipinski definition) is 4. The summed E-state index contributed by atoms with van der Waals surface area (Å²) in [5.41, 5.74) is 15.9. The first kappa shape index (κ1) is 14.9. The summed E-state index contributed by atoms with van der Waals surface area (Å²) < 4.78 is 0. The summed E-state index contributed by atoms with van der Waals surface area (Å²) in [5.74, 6) is 0.